The van der Waals surface area contributed by atoms with Gasteiger partial charge in [0.15, 0.2) is 5.96 Å². The number of carbonyl (C=O) groups is 1. The largest absolute Gasteiger partial charge is 0.390 e. The van der Waals surface area contributed by atoms with Crippen LogP contribution in [0.4, 0.5) is 15.8 Å². The normalized spacial score (nSPS) is 28.8. The lowest BCUT2D eigenvalue weighted by Gasteiger charge is -2.51. The van der Waals surface area contributed by atoms with Crippen LogP contribution in [0.25, 0.3) is 0 Å². The molecule has 2 aromatic carbocycles. The Kier molecular flexibility index (Phi) is 4.11. The van der Waals surface area contributed by atoms with Crippen LogP contribution in [-0.4, -0.2) is 33.5 Å². The van der Waals surface area contributed by atoms with Gasteiger partial charge in [-0.05, 0) is 55.2 Å². The summed E-state index contributed by atoms with van der Waals surface area (Å²) in [6.07, 6.45) is 1.77. The van der Waals surface area contributed by atoms with E-state index in [0.717, 1.165) is 16.8 Å². The van der Waals surface area contributed by atoms with Crippen LogP contribution in [0.1, 0.15) is 42.9 Å². The maximum absolute atomic E-state index is 14.0. The molecule has 0 aromatic heterocycles. The maximum Gasteiger partial charge on any atom is 0.232 e. The van der Waals surface area contributed by atoms with E-state index in [-0.39, 0.29) is 29.9 Å². The quantitative estimate of drug-likeness (QED) is 0.708. The Morgan fingerprint density at radius 2 is 2.10 bits per heavy atom. The number of guanidine groups is 1. The molecule has 158 valence electrons. The van der Waals surface area contributed by atoms with Crippen LogP contribution in [0.15, 0.2) is 41.4 Å². The Labute approximate surface area is 179 Å². The fourth-order valence-electron chi connectivity index (χ4n) is 5.01. The summed E-state index contributed by atoms with van der Waals surface area (Å²) in [6.45, 7) is 1.75. The lowest BCUT2D eigenvalue weighted by atomic mass is 9.67. The van der Waals surface area contributed by atoms with E-state index < -0.39 is 17.0 Å². The summed E-state index contributed by atoms with van der Waals surface area (Å²) in [5.74, 6) is -0.454. The molecule has 1 fully saturated rings. The molecule has 31 heavy (non-hydrogen) atoms. The third-order valence-corrected chi connectivity index (χ3v) is 6.52. The predicted molar refractivity (Wildman–Crippen MR) is 113 cm³/mol. The first kappa shape index (κ1) is 19.5. The Hall–Kier alpha value is -3.44. The van der Waals surface area contributed by atoms with Crippen LogP contribution in [0.2, 0.25) is 0 Å². The molecule has 3 aliphatic rings. The fourth-order valence-corrected chi connectivity index (χ4v) is 5.01. The first-order valence-corrected chi connectivity index (χ1v) is 10.2. The molecular formula is C23H22FN5O2. The molecule has 1 amide bonds. The molecule has 1 spiro atoms. The molecule has 0 saturated heterocycles. The zero-order valence-electron chi connectivity index (χ0n) is 17.0. The van der Waals surface area contributed by atoms with E-state index >= 15 is 0 Å². The molecule has 8 heteroatoms. The van der Waals surface area contributed by atoms with Gasteiger partial charge in [0.2, 0.25) is 5.91 Å². The number of nitriles is 1. The Balaban J connectivity index is 1.41. The number of halogens is 1. The summed E-state index contributed by atoms with van der Waals surface area (Å²) in [7, 11) is 0. The monoisotopic (exact) mass is 419 g/mol. The zero-order chi connectivity index (χ0) is 22.0. The molecule has 1 saturated carbocycles. The second-order valence-electron chi connectivity index (χ2n) is 8.94. The Morgan fingerprint density at radius 1 is 1.32 bits per heavy atom. The highest BCUT2D eigenvalue weighted by Gasteiger charge is 2.53. The van der Waals surface area contributed by atoms with E-state index in [2.05, 4.69) is 5.32 Å². The number of benzene rings is 2. The van der Waals surface area contributed by atoms with E-state index in [4.69, 9.17) is 16.0 Å². The van der Waals surface area contributed by atoms with E-state index in [1.165, 1.54) is 17.0 Å². The topological polar surface area (TPSA) is 115 Å². The van der Waals surface area contributed by atoms with Gasteiger partial charge in [-0.3, -0.25) is 9.69 Å². The van der Waals surface area contributed by atoms with Crippen molar-refractivity contribution in [1.82, 2.24) is 4.90 Å². The number of hydrogen-bond acceptors (Lipinski definition) is 6. The van der Waals surface area contributed by atoms with Crippen LogP contribution >= 0.6 is 0 Å². The number of rotatable bonds is 3. The van der Waals surface area contributed by atoms with Crippen molar-refractivity contribution in [2.24, 2.45) is 10.7 Å². The first-order valence-electron chi connectivity index (χ1n) is 10.2. The highest BCUT2D eigenvalue weighted by Crippen LogP contribution is 2.51. The highest BCUT2D eigenvalue weighted by atomic mass is 19.1. The number of nitrogens with one attached hydrogen (secondary N) is 1. The molecule has 0 bridgehead atoms. The van der Waals surface area contributed by atoms with Crippen molar-refractivity contribution in [2.75, 3.05) is 5.32 Å². The summed E-state index contributed by atoms with van der Waals surface area (Å²) in [4.78, 5) is 19.2. The summed E-state index contributed by atoms with van der Waals surface area (Å²) >= 11 is 0. The lowest BCUT2D eigenvalue weighted by molar-refractivity contribution is -0.139. The minimum Gasteiger partial charge on any atom is -0.390 e. The van der Waals surface area contributed by atoms with Crippen LogP contribution in [0.5, 0.6) is 0 Å². The van der Waals surface area contributed by atoms with E-state index in [1.54, 1.807) is 13.0 Å². The van der Waals surface area contributed by atoms with E-state index in [0.29, 0.717) is 24.9 Å². The number of aliphatic hydroxyl groups is 1. The Bertz CT molecular complexity index is 1180. The predicted octanol–water partition coefficient (Wildman–Crippen LogP) is 2.65. The minimum atomic E-state index is -0.755. The minimum absolute atomic E-state index is 0.00590. The van der Waals surface area contributed by atoms with Gasteiger partial charge >= 0.3 is 0 Å². The van der Waals surface area contributed by atoms with Gasteiger partial charge in [0.25, 0.3) is 0 Å². The number of amides is 1. The highest BCUT2D eigenvalue weighted by molar-refractivity contribution is 6.00. The van der Waals surface area contributed by atoms with Crippen LogP contribution in [-0.2, 0) is 16.8 Å². The van der Waals surface area contributed by atoms with Crippen molar-refractivity contribution in [1.29, 1.82) is 5.26 Å². The van der Waals surface area contributed by atoms with Gasteiger partial charge in [-0.1, -0.05) is 12.1 Å². The summed E-state index contributed by atoms with van der Waals surface area (Å²) < 4.78 is 14.0. The number of aliphatic imine (C=N–C) groups is 1. The van der Waals surface area contributed by atoms with Gasteiger partial charge in [0.1, 0.15) is 17.4 Å². The number of fused-ring (bicyclic) bond motifs is 2. The van der Waals surface area contributed by atoms with Crippen molar-refractivity contribution in [2.45, 2.75) is 49.8 Å². The second-order valence-corrected chi connectivity index (χ2v) is 8.94. The number of nitrogens with two attached hydrogens (primary N) is 1. The molecule has 1 atom stereocenters. The average molecular weight is 419 g/mol. The summed E-state index contributed by atoms with van der Waals surface area (Å²) in [6, 6.07) is 11.8. The van der Waals surface area contributed by atoms with Gasteiger partial charge in [0.05, 0.1) is 17.6 Å². The molecule has 7 nitrogen and oxygen atoms in total. The van der Waals surface area contributed by atoms with Crippen molar-refractivity contribution < 1.29 is 14.3 Å². The fraction of sp³-hybridized carbons (Fsp3) is 0.348. The van der Waals surface area contributed by atoms with Crippen molar-refractivity contribution in [3.63, 3.8) is 0 Å². The molecule has 5 rings (SSSR count). The second kappa shape index (κ2) is 6.53. The third kappa shape index (κ3) is 3.04. The summed E-state index contributed by atoms with van der Waals surface area (Å²) in [5.41, 5.74) is 8.07. The molecule has 2 aliphatic carbocycles. The number of hydrogen-bond donors (Lipinski definition) is 3. The van der Waals surface area contributed by atoms with Gasteiger partial charge < -0.3 is 16.2 Å². The Morgan fingerprint density at radius 3 is 2.74 bits per heavy atom. The molecule has 0 radical (unpaired) electrons. The van der Waals surface area contributed by atoms with Crippen LogP contribution in [0.3, 0.4) is 0 Å². The van der Waals surface area contributed by atoms with Crippen molar-refractivity contribution >= 4 is 23.2 Å². The van der Waals surface area contributed by atoms with Crippen molar-refractivity contribution in [3.8, 4) is 6.07 Å². The maximum atomic E-state index is 14.0. The number of carbonyl (C=O) groups excluding carboxylic acids is 1. The van der Waals surface area contributed by atoms with Gasteiger partial charge in [-0.25, -0.2) is 9.38 Å². The molecule has 0 unspecified atom stereocenters. The smallest absolute Gasteiger partial charge is 0.232 e. The molecular weight excluding hydrogens is 397 g/mol. The summed E-state index contributed by atoms with van der Waals surface area (Å²) in [5, 5.41) is 22.1. The molecule has 2 aromatic rings. The van der Waals surface area contributed by atoms with E-state index in [9.17, 15) is 14.3 Å². The van der Waals surface area contributed by atoms with Crippen LogP contribution in [0, 0.1) is 17.1 Å². The number of nitrogens with zero attached hydrogens (tertiary/aromatic N) is 3. The zero-order valence-corrected chi connectivity index (χ0v) is 17.0. The SMILES string of the molecule is CC1(O)CC(N2C(=O)C[C@]3(Cc4c(Nc5ccc(C#N)c(F)c5)cccc43)N=C2N)C1. The first-order chi connectivity index (χ1) is 14.7. The molecule has 1 heterocycles. The van der Waals surface area contributed by atoms with Crippen molar-refractivity contribution in [3.05, 3.63) is 58.9 Å². The molecule has 4 N–H and O–H groups in total. The molecule has 1 aliphatic heterocycles. The van der Waals surface area contributed by atoms with Gasteiger partial charge in [0, 0.05) is 23.8 Å². The lowest BCUT2D eigenvalue weighted by Crippen LogP contribution is -2.62. The standard InChI is InChI=1S/C23H22FN5O2/c1-22(31)8-15(9-22)29-20(30)11-23(28-21(29)26)10-16-17(23)3-2-4-19(16)27-14-6-5-13(12-25)18(24)7-14/h2-7,15,27,31H,8-11H2,1H3,(H2,26,28)/t15?,22?,23-/m0/s1. The van der Waals surface area contributed by atoms with Gasteiger partial charge in [-0.15, -0.1) is 0 Å². The van der Waals surface area contributed by atoms with Crippen LogP contribution < -0.4 is 11.1 Å². The third-order valence-electron chi connectivity index (χ3n) is 6.52. The van der Waals surface area contributed by atoms with E-state index in [1.807, 2.05) is 24.3 Å². The van der Waals surface area contributed by atoms with Gasteiger partial charge in [-0.2, -0.15) is 5.26 Å². The average Bonchev–Trinajstić information content (AvgIpc) is 2.67. The number of anilines is 2.